The van der Waals surface area contributed by atoms with Gasteiger partial charge in [-0.3, -0.25) is 4.79 Å². The van der Waals surface area contributed by atoms with Gasteiger partial charge in [0, 0.05) is 12.0 Å². The molecule has 0 bridgehead atoms. The zero-order valence-electron chi connectivity index (χ0n) is 13.7. The second kappa shape index (κ2) is 6.26. The van der Waals surface area contributed by atoms with Crippen LogP contribution in [-0.2, 0) is 6.42 Å². The number of hydrogen-bond acceptors (Lipinski definition) is 1. The lowest BCUT2D eigenvalue weighted by molar-refractivity contribution is 0.0983. The lowest BCUT2D eigenvalue weighted by atomic mass is 9.87. The molecule has 2 rings (SSSR count). The van der Waals surface area contributed by atoms with Gasteiger partial charge in [0.1, 0.15) is 0 Å². The van der Waals surface area contributed by atoms with E-state index in [9.17, 15) is 4.79 Å². The summed E-state index contributed by atoms with van der Waals surface area (Å²) in [7, 11) is 0. The van der Waals surface area contributed by atoms with Crippen LogP contribution in [0.15, 0.2) is 30.3 Å². The second-order valence-electron chi connectivity index (χ2n) is 5.89. The van der Waals surface area contributed by atoms with Crippen LogP contribution in [0.1, 0.15) is 50.2 Å². The van der Waals surface area contributed by atoms with E-state index in [2.05, 4.69) is 34.6 Å². The molecule has 0 N–H and O–H groups in total. The first-order valence-electron chi connectivity index (χ1n) is 7.57. The predicted octanol–water partition coefficient (Wildman–Crippen LogP) is 5.04. The van der Waals surface area contributed by atoms with E-state index in [0.29, 0.717) is 6.42 Å². The molecule has 0 aliphatic rings. The summed E-state index contributed by atoms with van der Waals surface area (Å²) in [5.41, 5.74) is 8.95. The van der Waals surface area contributed by atoms with Crippen LogP contribution in [0.3, 0.4) is 0 Å². The SMILES string of the molecule is Cc1c(C)c(C)c(CCC(=O)c2ccccc2)c(C)c1C. The van der Waals surface area contributed by atoms with Gasteiger partial charge < -0.3 is 0 Å². The molecule has 0 aliphatic heterocycles. The summed E-state index contributed by atoms with van der Waals surface area (Å²) in [5, 5.41) is 0. The molecule has 2 aromatic carbocycles. The topological polar surface area (TPSA) is 17.1 Å². The molecular weight excluding hydrogens is 256 g/mol. The van der Waals surface area contributed by atoms with Gasteiger partial charge in [-0.25, -0.2) is 0 Å². The molecule has 2 aromatic rings. The highest BCUT2D eigenvalue weighted by Gasteiger charge is 2.13. The summed E-state index contributed by atoms with van der Waals surface area (Å²) in [6.45, 7) is 10.9. The number of rotatable bonds is 4. The molecule has 110 valence electrons. The molecule has 0 saturated heterocycles. The van der Waals surface area contributed by atoms with Crippen LogP contribution in [0, 0.1) is 34.6 Å². The molecule has 0 atom stereocenters. The largest absolute Gasteiger partial charge is 0.294 e. The Hall–Kier alpha value is -1.89. The number of carbonyl (C=O) groups excluding carboxylic acids is 1. The summed E-state index contributed by atoms with van der Waals surface area (Å²) in [5.74, 6) is 0.227. The summed E-state index contributed by atoms with van der Waals surface area (Å²) in [4.78, 5) is 12.3. The summed E-state index contributed by atoms with van der Waals surface area (Å²) < 4.78 is 0. The highest BCUT2D eigenvalue weighted by molar-refractivity contribution is 5.96. The highest BCUT2D eigenvalue weighted by Crippen LogP contribution is 2.27. The number of carbonyl (C=O) groups is 1. The molecule has 1 heteroatoms. The molecule has 0 aromatic heterocycles. The van der Waals surface area contributed by atoms with Crippen LogP contribution in [-0.4, -0.2) is 5.78 Å². The van der Waals surface area contributed by atoms with Crippen LogP contribution in [0.5, 0.6) is 0 Å². The fourth-order valence-corrected chi connectivity index (χ4v) is 2.96. The van der Waals surface area contributed by atoms with Crippen LogP contribution < -0.4 is 0 Å². The van der Waals surface area contributed by atoms with Gasteiger partial charge in [0.15, 0.2) is 5.78 Å². The van der Waals surface area contributed by atoms with E-state index >= 15 is 0 Å². The van der Waals surface area contributed by atoms with Gasteiger partial charge in [-0.1, -0.05) is 30.3 Å². The Kier molecular flexibility index (Phi) is 4.62. The fourth-order valence-electron chi connectivity index (χ4n) is 2.96. The number of benzene rings is 2. The van der Waals surface area contributed by atoms with Gasteiger partial charge >= 0.3 is 0 Å². The third kappa shape index (κ3) is 3.07. The highest BCUT2D eigenvalue weighted by atomic mass is 16.1. The molecule has 0 unspecified atom stereocenters. The number of hydrogen-bond donors (Lipinski definition) is 0. The van der Waals surface area contributed by atoms with E-state index in [1.165, 1.54) is 33.4 Å². The minimum absolute atomic E-state index is 0.227. The summed E-state index contributed by atoms with van der Waals surface area (Å²) in [6, 6.07) is 9.58. The molecule has 1 nitrogen and oxygen atoms in total. The van der Waals surface area contributed by atoms with E-state index in [-0.39, 0.29) is 5.78 Å². The van der Waals surface area contributed by atoms with E-state index in [4.69, 9.17) is 0 Å². The zero-order chi connectivity index (χ0) is 15.6. The molecule has 0 heterocycles. The Labute approximate surface area is 128 Å². The molecule has 0 radical (unpaired) electrons. The fraction of sp³-hybridized carbons (Fsp3) is 0.350. The van der Waals surface area contributed by atoms with E-state index in [0.717, 1.165) is 12.0 Å². The first-order valence-corrected chi connectivity index (χ1v) is 7.57. The molecule has 0 amide bonds. The van der Waals surface area contributed by atoms with Crippen molar-refractivity contribution in [3.63, 3.8) is 0 Å². The summed E-state index contributed by atoms with van der Waals surface area (Å²) in [6.07, 6.45) is 1.40. The minimum atomic E-state index is 0.227. The maximum absolute atomic E-state index is 12.3. The van der Waals surface area contributed by atoms with Gasteiger partial charge in [0.25, 0.3) is 0 Å². The molecule has 0 aliphatic carbocycles. The first kappa shape index (κ1) is 15.5. The third-order valence-electron chi connectivity index (χ3n) is 4.85. The number of Topliss-reactive ketones (excluding diaryl/α,β-unsaturated/α-hetero) is 1. The maximum Gasteiger partial charge on any atom is 0.163 e. The average Bonchev–Trinajstić information content (AvgIpc) is 2.51. The Balaban J connectivity index is 2.23. The third-order valence-corrected chi connectivity index (χ3v) is 4.85. The van der Waals surface area contributed by atoms with Gasteiger partial charge in [0.2, 0.25) is 0 Å². The standard InChI is InChI=1S/C20H24O/c1-13-14(2)16(4)19(17(5)15(13)3)11-12-20(21)18-9-7-6-8-10-18/h6-10H,11-12H2,1-5H3. The monoisotopic (exact) mass is 280 g/mol. The molecule has 0 saturated carbocycles. The smallest absolute Gasteiger partial charge is 0.163 e. The average molecular weight is 280 g/mol. The van der Waals surface area contributed by atoms with Crippen LogP contribution in [0.4, 0.5) is 0 Å². The molecular formula is C20H24O. The van der Waals surface area contributed by atoms with Crippen molar-refractivity contribution in [3.8, 4) is 0 Å². The Bertz CT molecular complexity index is 637. The van der Waals surface area contributed by atoms with Crippen molar-refractivity contribution in [2.24, 2.45) is 0 Å². The van der Waals surface area contributed by atoms with Crippen molar-refractivity contribution in [1.82, 2.24) is 0 Å². The van der Waals surface area contributed by atoms with Crippen molar-refractivity contribution in [2.75, 3.05) is 0 Å². The lowest BCUT2D eigenvalue weighted by Crippen LogP contribution is -2.06. The van der Waals surface area contributed by atoms with Gasteiger partial charge in [-0.15, -0.1) is 0 Å². The Morgan fingerprint density at radius 2 is 1.24 bits per heavy atom. The van der Waals surface area contributed by atoms with Crippen LogP contribution in [0.25, 0.3) is 0 Å². The normalized spacial score (nSPS) is 10.7. The summed E-state index contributed by atoms with van der Waals surface area (Å²) >= 11 is 0. The van der Waals surface area contributed by atoms with Crippen LogP contribution in [0.2, 0.25) is 0 Å². The minimum Gasteiger partial charge on any atom is -0.294 e. The quantitative estimate of drug-likeness (QED) is 0.717. The second-order valence-corrected chi connectivity index (χ2v) is 5.89. The van der Waals surface area contributed by atoms with Gasteiger partial charge in [-0.2, -0.15) is 0 Å². The van der Waals surface area contributed by atoms with Crippen LogP contribution >= 0.6 is 0 Å². The van der Waals surface area contributed by atoms with E-state index < -0.39 is 0 Å². The molecule has 0 fully saturated rings. The number of ketones is 1. The first-order chi connectivity index (χ1) is 9.93. The Morgan fingerprint density at radius 1 is 0.762 bits per heavy atom. The van der Waals surface area contributed by atoms with Gasteiger partial charge in [0.05, 0.1) is 0 Å². The lowest BCUT2D eigenvalue weighted by Gasteiger charge is -2.18. The maximum atomic E-state index is 12.3. The van der Waals surface area contributed by atoms with Gasteiger partial charge in [-0.05, 0) is 74.4 Å². The predicted molar refractivity (Wildman–Crippen MR) is 89.2 cm³/mol. The van der Waals surface area contributed by atoms with E-state index in [1.807, 2.05) is 30.3 Å². The van der Waals surface area contributed by atoms with Crippen molar-refractivity contribution in [3.05, 3.63) is 69.3 Å². The van der Waals surface area contributed by atoms with Crippen molar-refractivity contribution >= 4 is 5.78 Å². The zero-order valence-corrected chi connectivity index (χ0v) is 13.7. The molecule has 21 heavy (non-hydrogen) atoms. The molecule has 0 spiro atoms. The van der Waals surface area contributed by atoms with Crippen molar-refractivity contribution in [1.29, 1.82) is 0 Å². The van der Waals surface area contributed by atoms with Crippen molar-refractivity contribution in [2.45, 2.75) is 47.5 Å². The Morgan fingerprint density at radius 3 is 1.76 bits per heavy atom. The van der Waals surface area contributed by atoms with Crippen molar-refractivity contribution < 1.29 is 4.79 Å². The van der Waals surface area contributed by atoms with E-state index in [1.54, 1.807) is 0 Å².